The highest BCUT2D eigenvalue weighted by atomic mass is 15.4. The maximum atomic E-state index is 4.31. The Morgan fingerprint density at radius 2 is 1.95 bits per heavy atom. The highest BCUT2D eigenvalue weighted by molar-refractivity contribution is 5.28. The monoisotopic (exact) mass is 258 g/mol. The Kier molecular flexibility index (Phi) is 4.32. The maximum Gasteiger partial charge on any atom is 0.141 e. The Morgan fingerprint density at radius 1 is 1.21 bits per heavy atom. The smallest absolute Gasteiger partial charge is 0.141 e. The molecule has 0 aliphatic heterocycles. The zero-order chi connectivity index (χ0) is 13.8. The molecule has 2 rings (SSSR count). The third-order valence-corrected chi connectivity index (χ3v) is 3.36. The van der Waals surface area contributed by atoms with E-state index in [-0.39, 0.29) is 0 Å². The van der Waals surface area contributed by atoms with Gasteiger partial charge in [0.2, 0.25) is 0 Å². The number of hydrogen-bond acceptors (Lipinski definition) is 3. The van der Waals surface area contributed by atoms with E-state index in [1.165, 1.54) is 11.1 Å². The van der Waals surface area contributed by atoms with Crippen LogP contribution in [0.1, 0.15) is 49.8 Å². The van der Waals surface area contributed by atoms with Crippen LogP contribution in [0.2, 0.25) is 0 Å². The van der Waals surface area contributed by atoms with Crippen molar-refractivity contribution in [1.82, 2.24) is 20.1 Å². The number of aryl methyl sites for hydroxylation is 1. The summed E-state index contributed by atoms with van der Waals surface area (Å²) in [5, 5.41) is 7.76. The minimum Gasteiger partial charge on any atom is -0.303 e. The van der Waals surface area contributed by atoms with Gasteiger partial charge in [-0.3, -0.25) is 0 Å². The molecular weight excluding hydrogens is 236 g/mol. The molecule has 0 saturated carbocycles. The molecule has 4 nitrogen and oxygen atoms in total. The summed E-state index contributed by atoms with van der Waals surface area (Å²) in [5.74, 6) is 0.982. The summed E-state index contributed by atoms with van der Waals surface area (Å²) in [5.41, 5.74) is 2.64. The second-order valence-electron chi connectivity index (χ2n) is 5.17. The Hall–Kier alpha value is -1.68. The van der Waals surface area contributed by atoms with Gasteiger partial charge in [0.25, 0.3) is 0 Å². The van der Waals surface area contributed by atoms with Gasteiger partial charge in [0, 0.05) is 12.1 Å². The molecule has 0 radical (unpaired) electrons. The minimum absolute atomic E-state index is 0.304. The Bertz CT molecular complexity index is 530. The normalized spacial score (nSPS) is 12.9. The number of rotatable bonds is 5. The number of hydrogen-bond donors (Lipinski definition) is 1. The third kappa shape index (κ3) is 3.20. The predicted octanol–water partition coefficient (Wildman–Crippen LogP) is 3.02. The van der Waals surface area contributed by atoms with Gasteiger partial charge in [0.05, 0.1) is 6.54 Å². The molecule has 1 heterocycles. The van der Waals surface area contributed by atoms with Crippen molar-refractivity contribution in [3.8, 4) is 0 Å². The SMILES string of the molecule is Cc1ccccc1C(C)NCc1ncnn1C(C)C. The quantitative estimate of drug-likeness (QED) is 0.896. The first-order valence-corrected chi connectivity index (χ1v) is 6.77. The highest BCUT2D eigenvalue weighted by Gasteiger charge is 2.11. The summed E-state index contributed by atoms with van der Waals surface area (Å²) in [6.45, 7) is 9.28. The van der Waals surface area contributed by atoms with Crippen LogP contribution in [0, 0.1) is 6.92 Å². The van der Waals surface area contributed by atoms with Crippen molar-refractivity contribution in [3.05, 3.63) is 47.5 Å². The second kappa shape index (κ2) is 5.97. The van der Waals surface area contributed by atoms with Crippen molar-refractivity contribution in [2.75, 3.05) is 0 Å². The molecule has 0 spiro atoms. The molecule has 4 heteroatoms. The van der Waals surface area contributed by atoms with Gasteiger partial charge in [-0.05, 0) is 38.8 Å². The molecule has 0 bridgehead atoms. The lowest BCUT2D eigenvalue weighted by atomic mass is 10.0. The Labute approximate surface area is 114 Å². The van der Waals surface area contributed by atoms with Crippen LogP contribution in [-0.4, -0.2) is 14.8 Å². The van der Waals surface area contributed by atoms with Gasteiger partial charge in [-0.1, -0.05) is 24.3 Å². The first kappa shape index (κ1) is 13.7. The van der Waals surface area contributed by atoms with Crippen molar-refractivity contribution < 1.29 is 0 Å². The van der Waals surface area contributed by atoms with Gasteiger partial charge in [-0.15, -0.1) is 0 Å². The van der Waals surface area contributed by atoms with E-state index in [1.54, 1.807) is 6.33 Å². The van der Waals surface area contributed by atoms with Crippen molar-refractivity contribution >= 4 is 0 Å². The fraction of sp³-hybridized carbons (Fsp3) is 0.467. The molecule has 1 aromatic heterocycles. The van der Waals surface area contributed by atoms with Gasteiger partial charge in [-0.2, -0.15) is 5.10 Å². The van der Waals surface area contributed by atoms with Crippen LogP contribution in [0.5, 0.6) is 0 Å². The van der Waals surface area contributed by atoms with Crippen LogP contribution < -0.4 is 5.32 Å². The molecule has 102 valence electrons. The standard InChI is InChI=1S/C15H22N4/c1-11(2)19-15(17-10-18-19)9-16-13(4)14-8-6-5-7-12(14)3/h5-8,10-11,13,16H,9H2,1-4H3. The van der Waals surface area contributed by atoms with Gasteiger partial charge >= 0.3 is 0 Å². The zero-order valence-electron chi connectivity index (χ0n) is 12.1. The molecule has 1 unspecified atom stereocenters. The molecule has 0 amide bonds. The van der Waals surface area contributed by atoms with Crippen LogP contribution >= 0.6 is 0 Å². The summed E-state index contributed by atoms with van der Waals surface area (Å²) in [7, 11) is 0. The molecule has 0 aliphatic carbocycles. The van der Waals surface area contributed by atoms with Crippen LogP contribution in [0.4, 0.5) is 0 Å². The van der Waals surface area contributed by atoms with E-state index >= 15 is 0 Å². The molecular formula is C15H22N4. The van der Waals surface area contributed by atoms with Crippen LogP contribution in [0.25, 0.3) is 0 Å². The molecule has 0 saturated heterocycles. The Balaban J connectivity index is 2.03. The fourth-order valence-corrected chi connectivity index (χ4v) is 2.26. The van der Waals surface area contributed by atoms with Crippen molar-refractivity contribution in [2.45, 2.75) is 46.3 Å². The first-order valence-electron chi connectivity index (χ1n) is 6.77. The minimum atomic E-state index is 0.304. The van der Waals surface area contributed by atoms with Crippen LogP contribution in [-0.2, 0) is 6.54 Å². The first-order chi connectivity index (χ1) is 9.09. The number of aromatic nitrogens is 3. The van der Waals surface area contributed by atoms with Crippen LogP contribution in [0.15, 0.2) is 30.6 Å². The van der Waals surface area contributed by atoms with E-state index in [1.807, 2.05) is 4.68 Å². The number of nitrogens with one attached hydrogen (secondary N) is 1. The second-order valence-corrected chi connectivity index (χ2v) is 5.17. The summed E-state index contributed by atoms with van der Waals surface area (Å²) in [4.78, 5) is 4.31. The average Bonchev–Trinajstić information content (AvgIpc) is 2.85. The summed E-state index contributed by atoms with van der Waals surface area (Å²) >= 11 is 0. The summed E-state index contributed by atoms with van der Waals surface area (Å²) < 4.78 is 1.96. The van der Waals surface area contributed by atoms with Gasteiger partial charge in [0.15, 0.2) is 0 Å². The fourth-order valence-electron chi connectivity index (χ4n) is 2.26. The topological polar surface area (TPSA) is 42.7 Å². The van der Waals surface area contributed by atoms with Crippen molar-refractivity contribution in [3.63, 3.8) is 0 Å². The van der Waals surface area contributed by atoms with E-state index in [0.717, 1.165) is 12.4 Å². The largest absolute Gasteiger partial charge is 0.303 e. The molecule has 0 fully saturated rings. The van der Waals surface area contributed by atoms with Gasteiger partial charge in [-0.25, -0.2) is 9.67 Å². The molecule has 19 heavy (non-hydrogen) atoms. The third-order valence-electron chi connectivity index (χ3n) is 3.36. The van der Waals surface area contributed by atoms with E-state index in [2.05, 4.69) is 67.4 Å². The summed E-state index contributed by atoms with van der Waals surface area (Å²) in [6, 6.07) is 9.11. The molecule has 1 atom stereocenters. The van der Waals surface area contributed by atoms with E-state index in [0.29, 0.717) is 12.1 Å². The van der Waals surface area contributed by atoms with Crippen LogP contribution in [0.3, 0.4) is 0 Å². The van der Waals surface area contributed by atoms with E-state index in [4.69, 9.17) is 0 Å². The Morgan fingerprint density at radius 3 is 2.63 bits per heavy atom. The van der Waals surface area contributed by atoms with E-state index in [9.17, 15) is 0 Å². The zero-order valence-corrected chi connectivity index (χ0v) is 12.1. The lowest BCUT2D eigenvalue weighted by molar-refractivity contribution is 0.473. The lowest BCUT2D eigenvalue weighted by Crippen LogP contribution is -2.22. The average molecular weight is 258 g/mol. The molecule has 0 aliphatic rings. The van der Waals surface area contributed by atoms with Crippen molar-refractivity contribution in [2.24, 2.45) is 0 Å². The van der Waals surface area contributed by atoms with E-state index < -0.39 is 0 Å². The molecule has 1 aromatic carbocycles. The predicted molar refractivity (Wildman–Crippen MR) is 76.8 cm³/mol. The van der Waals surface area contributed by atoms with Crippen molar-refractivity contribution in [1.29, 1.82) is 0 Å². The van der Waals surface area contributed by atoms with Gasteiger partial charge in [0.1, 0.15) is 12.2 Å². The number of benzene rings is 1. The molecule has 2 aromatic rings. The lowest BCUT2D eigenvalue weighted by Gasteiger charge is -2.17. The maximum absolute atomic E-state index is 4.31. The highest BCUT2D eigenvalue weighted by Crippen LogP contribution is 2.17. The van der Waals surface area contributed by atoms with Gasteiger partial charge < -0.3 is 5.32 Å². The summed E-state index contributed by atoms with van der Waals surface area (Å²) in [6.07, 6.45) is 1.62. The number of nitrogens with zero attached hydrogens (tertiary/aromatic N) is 3. The molecule has 1 N–H and O–H groups in total.